The number of halogens is 1. The van der Waals surface area contributed by atoms with Gasteiger partial charge in [-0.1, -0.05) is 44.5 Å². The molecule has 3 nitrogen and oxygen atoms in total. The normalized spacial score (nSPS) is 15.1. The van der Waals surface area contributed by atoms with Crippen molar-refractivity contribution in [3.8, 4) is 0 Å². The predicted molar refractivity (Wildman–Crippen MR) is 73.6 cm³/mol. The summed E-state index contributed by atoms with van der Waals surface area (Å²) in [6.07, 6.45) is 1.22. The van der Waals surface area contributed by atoms with Crippen LogP contribution in [0.3, 0.4) is 0 Å². The zero-order valence-corrected chi connectivity index (χ0v) is 11.9. The maximum Gasteiger partial charge on any atom is 0.228 e. The lowest BCUT2D eigenvalue weighted by atomic mass is 9.93. The minimum Gasteiger partial charge on any atom is -0.489 e. The molecule has 0 atom stereocenters. The van der Waals surface area contributed by atoms with E-state index in [0.29, 0.717) is 17.2 Å². The van der Waals surface area contributed by atoms with E-state index >= 15 is 0 Å². The number of benzene rings is 1. The van der Waals surface area contributed by atoms with Crippen molar-refractivity contribution in [3.05, 3.63) is 46.2 Å². The molecule has 0 spiro atoms. The molecule has 0 bridgehead atoms. The number of Topliss-reactive ketones (excluding diaryl/α,β-unsaturated/α-hetero) is 1. The molecule has 0 N–H and O–H groups in total. The van der Waals surface area contributed by atoms with Gasteiger partial charge in [-0.2, -0.15) is 0 Å². The molecule has 0 heterocycles. The lowest BCUT2D eigenvalue weighted by Crippen LogP contribution is -2.22. The van der Waals surface area contributed by atoms with Crippen LogP contribution in [0.1, 0.15) is 41.5 Å². The maximum atomic E-state index is 12.2. The van der Waals surface area contributed by atoms with E-state index in [1.165, 1.54) is 6.08 Å². The van der Waals surface area contributed by atoms with Crippen LogP contribution in [0.5, 0.6) is 0 Å². The second-order valence-electron chi connectivity index (χ2n) is 5.71. The maximum absolute atomic E-state index is 12.2. The Bertz CT molecular complexity index is 580. The highest BCUT2D eigenvalue weighted by Crippen LogP contribution is 2.28. The summed E-state index contributed by atoms with van der Waals surface area (Å²) >= 11 is 5.96. The van der Waals surface area contributed by atoms with Gasteiger partial charge in [-0.25, -0.2) is 0 Å². The fourth-order valence-corrected chi connectivity index (χ4v) is 2.02. The van der Waals surface area contributed by atoms with Crippen LogP contribution in [0.4, 0.5) is 0 Å². The molecule has 1 aliphatic rings. The highest BCUT2D eigenvalue weighted by molar-refractivity contribution is 6.37. The first-order chi connectivity index (χ1) is 8.79. The van der Waals surface area contributed by atoms with Gasteiger partial charge in [0.1, 0.15) is 0 Å². The number of allylic oxidation sites excluding steroid dienone is 2. The minimum atomic E-state index is -0.290. The molecule has 0 fully saturated rings. The van der Waals surface area contributed by atoms with E-state index in [1.807, 2.05) is 20.8 Å². The van der Waals surface area contributed by atoms with Gasteiger partial charge >= 0.3 is 0 Å². The van der Waals surface area contributed by atoms with Crippen molar-refractivity contribution in [2.75, 3.05) is 6.61 Å². The SMILES string of the molecule is CC(C)(C)COC1=CC(=O)c2c(Cl)cccc2C1=O. The molecule has 4 heteroatoms. The first kappa shape index (κ1) is 13.8. The van der Waals surface area contributed by atoms with Crippen LogP contribution in [0, 0.1) is 5.41 Å². The number of fused-ring (bicyclic) bond motifs is 1. The molecular weight excluding hydrogens is 264 g/mol. The molecule has 0 aromatic heterocycles. The summed E-state index contributed by atoms with van der Waals surface area (Å²) in [5.41, 5.74) is 0.486. The molecule has 0 amide bonds. The van der Waals surface area contributed by atoms with Gasteiger partial charge in [-0.3, -0.25) is 9.59 Å². The Kier molecular flexibility index (Phi) is 3.50. The van der Waals surface area contributed by atoms with Gasteiger partial charge in [-0.15, -0.1) is 0 Å². The molecule has 2 rings (SSSR count). The number of hydrogen-bond donors (Lipinski definition) is 0. The molecule has 1 aliphatic carbocycles. The van der Waals surface area contributed by atoms with Gasteiger partial charge < -0.3 is 4.74 Å². The van der Waals surface area contributed by atoms with Crippen molar-refractivity contribution in [1.29, 1.82) is 0 Å². The Labute approximate surface area is 117 Å². The lowest BCUT2D eigenvalue weighted by molar-refractivity contribution is 0.0793. The fourth-order valence-electron chi connectivity index (χ4n) is 1.75. The third-order valence-electron chi connectivity index (χ3n) is 2.65. The van der Waals surface area contributed by atoms with Crippen LogP contribution in [-0.4, -0.2) is 18.2 Å². The summed E-state index contributed by atoms with van der Waals surface area (Å²) in [6, 6.07) is 4.84. The van der Waals surface area contributed by atoms with Gasteiger partial charge in [0.15, 0.2) is 11.5 Å². The van der Waals surface area contributed by atoms with Gasteiger partial charge in [0.2, 0.25) is 5.78 Å². The van der Waals surface area contributed by atoms with Crippen LogP contribution in [0.2, 0.25) is 5.02 Å². The largest absolute Gasteiger partial charge is 0.489 e. The standard InChI is InChI=1S/C15H15ClO3/c1-15(2,3)8-19-12-7-11(17)13-9(14(12)18)5-4-6-10(13)16/h4-7H,8H2,1-3H3. The van der Waals surface area contributed by atoms with Crippen molar-refractivity contribution < 1.29 is 14.3 Å². The topological polar surface area (TPSA) is 43.4 Å². The van der Waals surface area contributed by atoms with Crippen LogP contribution in [0.15, 0.2) is 30.0 Å². The Balaban J connectivity index is 2.33. The van der Waals surface area contributed by atoms with Crippen molar-refractivity contribution in [2.45, 2.75) is 20.8 Å². The molecular formula is C15H15ClO3. The summed E-state index contributed by atoms with van der Waals surface area (Å²) in [6.45, 7) is 6.35. The van der Waals surface area contributed by atoms with Gasteiger partial charge in [0.05, 0.1) is 17.2 Å². The molecule has 0 saturated carbocycles. The summed E-state index contributed by atoms with van der Waals surface area (Å²) in [4.78, 5) is 24.2. The van der Waals surface area contributed by atoms with E-state index in [1.54, 1.807) is 18.2 Å². The number of rotatable bonds is 2. The second kappa shape index (κ2) is 4.82. The van der Waals surface area contributed by atoms with E-state index in [-0.39, 0.29) is 28.3 Å². The Morgan fingerprint density at radius 1 is 1.21 bits per heavy atom. The average molecular weight is 279 g/mol. The lowest BCUT2D eigenvalue weighted by Gasteiger charge is -2.22. The van der Waals surface area contributed by atoms with Crippen molar-refractivity contribution >= 4 is 23.2 Å². The molecule has 100 valence electrons. The summed E-state index contributed by atoms with van der Waals surface area (Å²) in [5, 5.41) is 0.293. The summed E-state index contributed by atoms with van der Waals surface area (Å²) < 4.78 is 5.47. The minimum absolute atomic E-state index is 0.0845. The predicted octanol–water partition coefficient (Wildman–Crippen LogP) is 3.67. The third kappa shape index (κ3) is 2.87. The molecule has 19 heavy (non-hydrogen) atoms. The van der Waals surface area contributed by atoms with Gasteiger partial charge in [0, 0.05) is 11.6 Å². The quantitative estimate of drug-likeness (QED) is 0.829. The van der Waals surface area contributed by atoms with E-state index in [9.17, 15) is 9.59 Å². The molecule has 0 aliphatic heterocycles. The van der Waals surface area contributed by atoms with E-state index in [2.05, 4.69) is 0 Å². The summed E-state index contributed by atoms with van der Waals surface area (Å²) in [5.74, 6) is -0.486. The first-order valence-corrected chi connectivity index (χ1v) is 6.39. The number of ketones is 2. The monoisotopic (exact) mass is 278 g/mol. The molecule has 0 saturated heterocycles. The zero-order chi connectivity index (χ0) is 14.2. The Morgan fingerprint density at radius 3 is 2.53 bits per heavy atom. The van der Waals surface area contributed by atoms with Gasteiger partial charge in [0.25, 0.3) is 0 Å². The van der Waals surface area contributed by atoms with Crippen molar-refractivity contribution in [2.24, 2.45) is 5.41 Å². The van der Waals surface area contributed by atoms with Crippen LogP contribution >= 0.6 is 11.6 Å². The molecule has 1 aromatic rings. The number of hydrogen-bond acceptors (Lipinski definition) is 3. The number of carbonyl (C=O) groups excluding carboxylic acids is 2. The second-order valence-corrected chi connectivity index (χ2v) is 6.12. The smallest absolute Gasteiger partial charge is 0.228 e. The Morgan fingerprint density at radius 2 is 1.89 bits per heavy atom. The van der Waals surface area contributed by atoms with E-state index < -0.39 is 0 Å². The van der Waals surface area contributed by atoms with Crippen molar-refractivity contribution in [3.63, 3.8) is 0 Å². The third-order valence-corrected chi connectivity index (χ3v) is 2.97. The molecule has 1 aromatic carbocycles. The number of ether oxygens (including phenoxy) is 1. The number of carbonyl (C=O) groups is 2. The van der Waals surface area contributed by atoms with Gasteiger partial charge in [-0.05, 0) is 11.5 Å². The van der Waals surface area contributed by atoms with E-state index in [0.717, 1.165) is 0 Å². The van der Waals surface area contributed by atoms with Crippen LogP contribution in [-0.2, 0) is 4.74 Å². The van der Waals surface area contributed by atoms with Crippen LogP contribution < -0.4 is 0 Å². The molecule has 0 radical (unpaired) electrons. The van der Waals surface area contributed by atoms with Crippen LogP contribution in [0.25, 0.3) is 0 Å². The average Bonchev–Trinajstić information content (AvgIpc) is 2.30. The highest BCUT2D eigenvalue weighted by atomic mass is 35.5. The first-order valence-electron chi connectivity index (χ1n) is 6.01. The fraction of sp³-hybridized carbons (Fsp3) is 0.333. The van der Waals surface area contributed by atoms with Crippen molar-refractivity contribution in [1.82, 2.24) is 0 Å². The highest BCUT2D eigenvalue weighted by Gasteiger charge is 2.29. The Hall–Kier alpha value is -1.61. The summed E-state index contributed by atoms with van der Waals surface area (Å²) in [7, 11) is 0. The van der Waals surface area contributed by atoms with E-state index in [4.69, 9.17) is 16.3 Å². The zero-order valence-electron chi connectivity index (χ0n) is 11.1. The molecule has 0 unspecified atom stereocenters.